The first-order chi connectivity index (χ1) is 13.5. The van der Waals surface area contributed by atoms with Crippen molar-refractivity contribution in [3.63, 3.8) is 0 Å². The minimum absolute atomic E-state index is 0.00828. The van der Waals surface area contributed by atoms with Gasteiger partial charge in [0.25, 0.3) is 0 Å². The van der Waals surface area contributed by atoms with Crippen LogP contribution in [0.4, 0.5) is 0 Å². The van der Waals surface area contributed by atoms with E-state index in [4.69, 9.17) is 17.3 Å². The van der Waals surface area contributed by atoms with Crippen LogP contribution in [0, 0.1) is 0 Å². The Morgan fingerprint density at radius 2 is 1.86 bits per heavy atom. The summed E-state index contributed by atoms with van der Waals surface area (Å²) in [6, 6.07) is 16.2. The number of benzene rings is 2. The molecule has 0 saturated carbocycles. The first-order valence-corrected chi connectivity index (χ1v) is 9.45. The number of nitrogens with two attached hydrogens (primary N) is 1. The number of hydrogen-bond acceptors (Lipinski definition) is 4. The van der Waals surface area contributed by atoms with Gasteiger partial charge in [-0.1, -0.05) is 41.9 Å². The number of amides is 1. The van der Waals surface area contributed by atoms with Crippen molar-refractivity contribution in [1.82, 2.24) is 19.2 Å². The van der Waals surface area contributed by atoms with Crippen LogP contribution in [0.3, 0.4) is 0 Å². The fourth-order valence-electron chi connectivity index (χ4n) is 3.34. The second-order valence-electron chi connectivity index (χ2n) is 6.84. The molecule has 7 nitrogen and oxygen atoms in total. The first kappa shape index (κ1) is 18.5. The predicted octanol–water partition coefficient (Wildman–Crippen LogP) is 1.91. The molecule has 0 unspecified atom stereocenters. The zero-order valence-corrected chi connectivity index (χ0v) is 15.9. The number of carbonyl (C=O) groups is 1. The van der Waals surface area contributed by atoms with Crippen molar-refractivity contribution in [2.75, 3.05) is 13.1 Å². The van der Waals surface area contributed by atoms with Gasteiger partial charge >= 0.3 is 5.69 Å². The number of likely N-dealkylation sites (tertiary alicyclic amines) is 1. The summed E-state index contributed by atoms with van der Waals surface area (Å²) < 4.78 is 2.71. The van der Waals surface area contributed by atoms with Crippen LogP contribution in [0.25, 0.3) is 17.1 Å². The second kappa shape index (κ2) is 7.61. The van der Waals surface area contributed by atoms with Crippen LogP contribution < -0.4 is 11.4 Å². The van der Waals surface area contributed by atoms with Crippen molar-refractivity contribution in [2.24, 2.45) is 5.73 Å². The van der Waals surface area contributed by atoms with E-state index >= 15 is 0 Å². The lowest BCUT2D eigenvalue weighted by atomic mass is 10.2. The molecule has 1 aliphatic heterocycles. The molecular formula is C20H20ClN5O2. The van der Waals surface area contributed by atoms with Crippen molar-refractivity contribution in [3.05, 3.63) is 70.1 Å². The van der Waals surface area contributed by atoms with Crippen LogP contribution in [-0.2, 0) is 11.3 Å². The van der Waals surface area contributed by atoms with E-state index in [1.165, 1.54) is 9.25 Å². The standard InChI is InChI=1S/C20H20ClN5O2/c21-15-6-8-17(9-7-15)26-20(28)25(13-18(27)24-11-10-16(22)12-24)19(23-26)14-4-2-1-3-5-14/h1-9,16H,10-13,22H2/t16-/m0/s1. The summed E-state index contributed by atoms with van der Waals surface area (Å²) in [5.41, 5.74) is 6.88. The Morgan fingerprint density at radius 1 is 1.14 bits per heavy atom. The summed E-state index contributed by atoms with van der Waals surface area (Å²) in [5, 5.41) is 5.07. The van der Waals surface area contributed by atoms with Gasteiger partial charge in [-0.2, -0.15) is 4.68 Å². The Hall–Kier alpha value is -2.90. The number of rotatable bonds is 4. The molecule has 2 N–H and O–H groups in total. The normalized spacial score (nSPS) is 16.5. The highest BCUT2D eigenvalue weighted by Gasteiger charge is 2.26. The molecule has 28 heavy (non-hydrogen) atoms. The summed E-state index contributed by atoms with van der Waals surface area (Å²) in [6.07, 6.45) is 0.774. The molecule has 0 bridgehead atoms. The Balaban J connectivity index is 1.76. The van der Waals surface area contributed by atoms with Crippen molar-refractivity contribution in [3.8, 4) is 17.1 Å². The average molecular weight is 398 g/mol. The highest BCUT2D eigenvalue weighted by molar-refractivity contribution is 6.30. The fraction of sp³-hybridized carbons (Fsp3) is 0.250. The van der Waals surface area contributed by atoms with Crippen LogP contribution in [0.5, 0.6) is 0 Å². The maximum Gasteiger partial charge on any atom is 0.351 e. The van der Waals surface area contributed by atoms with E-state index in [1.54, 1.807) is 29.2 Å². The highest BCUT2D eigenvalue weighted by Crippen LogP contribution is 2.18. The van der Waals surface area contributed by atoms with Gasteiger partial charge in [0, 0.05) is 29.7 Å². The molecule has 1 amide bonds. The van der Waals surface area contributed by atoms with Gasteiger partial charge in [0.2, 0.25) is 5.91 Å². The van der Waals surface area contributed by atoms with Gasteiger partial charge < -0.3 is 10.6 Å². The van der Waals surface area contributed by atoms with Crippen LogP contribution >= 0.6 is 11.6 Å². The van der Waals surface area contributed by atoms with Gasteiger partial charge in [0.1, 0.15) is 6.54 Å². The summed E-state index contributed by atoms with van der Waals surface area (Å²) >= 11 is 5.95. The van der Waals surface area contributed by atoms with Crippen LogP contribution in [-0.4, -0.2) is 44.3 Å². The van der Waals surface area contributed by atoms with E-state index in [1.807, 2.05) is 30.3 Å². The highest BCUT2D eigenvalue weighted by atomic mass is 35.5. The molecule has 144 valence electrons. The SMILES string of the molecule is N[C@H]1CCN(C(=O)Cn2c(-c3ccccc3)nn(-c3ccc(Cl)cc3)c2=O)C1. The van der Waals surface area contributed by atoms with Crippen LogP contribution in [0.1, 0.15) is 6.42 Å². The number of carbonyl (C=O) groups excluding carboxylic acids is 1. The van der Waals surface area contributed by atoms with E-state index in [2.05, 4.69) is 5.10 Å². The van der Waals surface area contributed by atoms with Gasteiger partial charge in [0.15, 0.2) is 5.82 Å². The van der Waals surface area contributed by atoms with Gasteiger partial charge in [-0.25, -0.2) is 4.79 Å². The minimum atomic E-state index is -0.377. The maximum absolute atomic E-state index is 13.1. The predicted molar refractivity (Wildman–Crippen MR) is 107 cm³/mol. The summed E-state index contributed by atoms with van der Waals surface area (Å²) in [4.78, 5) is 27.5. The lowest BCUT2D eigenvalue weighted by molar-refractivity contribution is -0.130. The van der Waals surface area contributed by atoms with Crippen LogP contribution in [0.2, 0.25) is 5.02 Å². The molecule has 1 atom stereocenters. The molecule has 0 aliphatic carbocycles. The topological polar surface area (TPSA) is 86.2 Å². The maximum atomic E-state index is 13.1. The Bertz CT molecular complexity index is 1040. The smallest absolute Gasteiger partial charge is 0.340 e. The zero-order valence-electron chi connectivity index (χ0n) is 15.2. The molecule has 2 aromatic carbocycles. The summed E-state index contributed by atoms with van der Waals surface area (Å²) in [7, 11) is 0. The van der Waals surface area contributed by atoms with Gasteiger partial charge in [-0.15, -0.1) is 5.10 Å². The third-order valence-electron chi connectivity index (χ3n) is 4.84. The molecule has 0 radical (unpaired) electrons. The van der Waals surface area contributed by atoms with Crippen LogP contribution in [0.15, 0.2) is 59.4 Å². The lowest BCUT2D eigenvalue weighted by Gasteiger charge is -2.16. The van der Waals surface area contributed by atoms with E-state index in [9.17, 15) is 9.59 Å². The molecule has 8 heteroatoms. The number of nitrogens with zero attached hydrogens (tertiary/aromatic N) is 4. The molecule has 0 spiro atoms. The number of hydrogen-bond donors (Lipinski definition) is 1. The molecule has 1 fully saturated rings. The van der Waals surface area contributed by atoms with Crippen molar-refractivity contribution in [1.29, 1.82) is 0 Å². The van der Waals surface area contributed by atoms with E-state index in [0.717, 1.165) is 12.0 Å². The molecular weight excluding hydrogens is 378 g/mol. The largest absolute Gasteiger partial charge is 0.351 e. The van der Waals surface area contributed by atoms with Gasteiger partial charge in [-0.05, 0) is 30.7 Å². The molecule has 4 rings (SSSR count). The monoisotopic (exact) mass is 397 g/mol. The molecule has 1 aromatic heterocycles. The second-order valence-corrected chi connectivity index (χ2v) is 7.27. The number of halogens is 1. The third-order valence-corrected chi connectivity index (χ3v) is 5.09. The molecule has 3 aromatic rings. The van der Waals surface area contributed by atoms with Crippen molar-refractivity contribution < 1.29 is 4.79 Å². The van der Waals surface area contributed by atoms with E-state index in [-0.39, 0.29) is 24.2 Å². The average Bonchev–Trinajstić information content (AvgIpc) is 3.28. The van der Waals surface area contributed by atoms with E-state index < -0.39 is 0 Å². The zero-order chi connectivity index (χ0) is 19.7. The quantitative estimate of drug-likeness (QED) is 0.728. The van der Waals surface area contributed by atoms with Gasteiger partial charge in [-0.3, -0.25) is 9.36 Å². The van der Waals surface area contributed by atoms with Gasteiger partial charge in [0.05, 0.1) is 5.69 Å². The Kier molecular flexibility index (Phi) is 5.02. The Morgan fingerprint density at radius 3 is 2.50 bits per heavy atom. The molecule has 2 heterocycles. The number of aromatic nitrogens is 3. The summed E-state index contributed by atoms with van der Waals surface area (Å²) in [5.74, 6) is 0.306. The van der Waals surface area contributed by atoms with Crippen molar-refractivity contribution >= 4 is 17.5 Å². The minimum Gasteiger partial charge on any atom is -0.340 e. The Labute approximate surface area is 166 Å². The van der Waals surface area contributed by atoms with Crippen molar-refractivity contribution in [2.45, 2.75) is 19.0 Å². The summed E-state index contributed by atoms with van der Waals surface area (Å²) in [6.45, 7) is 1.05. The fourth-order valence-corrected chi connectivity index (χ4v) is 3.47. The molecule has 1 saturated heterocycles. The lowest BCUT2D eigenvalue weighted by Crippen LogP contribution is -2.37. The third kappa shape index (κ3) is 3.58. The van der Waals surface area contributed by atoms with E-state index in [0.29, 0.717) is 29.6 Å². The molecule has 1 aliphatic rings. The first-order valence-electron chi connectivity index (χ1n) is 9.07.